The fourth-order valence-electron chi connectivity index (χ4n) is 3.78. The van der Waals surface area contributed by atoms with E-state index in [-0.39, 0.29) is 5.91 Å². The molecule has 2 heterocycles. The molecule has 3 aromatic rings. The molecule has 4 rings (SSSR count). The molecule has 0 radical (unpaired) electrons. The van der Waals surface area contributed by atoms with Gasteiger partial charge < -0.3 is 24.6 Å². The summed E-state index contributed by atoms with van der Waals surface area (Å²) in [5.74, 6) is 1.65. The molecule has 1 fully saturated rings. The maximum atomic E-state index is 13.8. The highest BCUT2D eigenvalue weighted by Crippen LogP contribution is 2.25. The number of anilines is 3. The van der Waals surface area contributed by atoms with Crippen molar-refractivity contribution in [1.82, 2.24) is 14.9 Å². The van der Waals surface area contributed by atoms with Crippen molar-refractivity contribution in [2.24, 2.45) is 0 Å². The number of ether oxygens (including phenoxy) is 2. The Morgan fingerprint density at radius 1 is 1.14 bits per heavy atom. The van der Waals surface area contributed by atoms with Gasteiger partial charge in [0.2, 0.25) is 5.95 Å². The van der Waals surface area contributed by atoms with Crippen LogP contribution in [0.3, 0.4) is 0 Å². The number of morpholine rings is 1. The number of hydrogen-bond acceptors (Lipinski definition) is 7. The first-order valence-corrected chi connectivity index (χ1v) is 11.7. The van der Waals surface area contributed by atoms with Crippen LogP contribution in [0.1, 0.15) is 22.8 Å². The number of hydrogen-bond donors (Lipinski definition) is 1. The number of allylic oxidation sites excluding steroid dienone is 1. The predicted molar refractivity (Wildman–Crippen MR) is 137 cm³/mol. The fourth-order valence-corrected chi connectivity index (χ4v) is 3.78. The molecule has 0 saturated carbocycles. The lowest BCUT2D eigenvalue weighted by Crippen LogP contribution is -2.37. The van der Waals surface area contributed by atoms with E-state index < -0.39 is 0 Å². The molecule has 0 aliphatic carbocycles. The van der Waals surface area contributed by atoms with Gasteiger partial charge in [0, 0.05) is 38.1 Å². The van der Waals surface area contributed by atoms with Crippen molar-refractivity contribution in [3.05, 3.63) is 84.1 Å². The van der Waals surface area contributed by atoms with Crippen LogP contribution in [0.15, 0.2) is 72.9 Å². The van der Waals surface area contributed by atoms with Gasteiger partial charge >= 0.3 is 0 Å². The zero-order chi connectivity index (χ0) is 24.5. The molecule has 2 aromatic carbocycles. The van der Waals surface area contributed by atoms with Crippen LogP contribution in [0, 0.1) is 0 Å². The van der Waals surface area contributed by atoms with E-state index in [1.165, 1.54) is 0 Å². The van der Waals surface area contributed by atoms with Crippen LogP contribution >= 0.6 is 0 Å². The highest BCUT2D eigenvalue weighted by Gasteiger charge is 2.23. The van der Waals surface area contributed by atoms with Crippen molar-refractivity contribution >= 4 is 23.4 Å². The van der Waals surface area contributed by atoms with Gasteiger partial charge in [0.1, 0.15) is 17.1 Å². The van der Waals surface area contributed by atoms with Crippen molar-refractivity contribution in [3.63, 3.8) is 0 Å². The fraction of sp³-hybridized carbons (Fsp3) is 0.296. The van der Waals surface area contributed by atoms with Crippen LogP contribution in [0.5, 0.6) is 5.75 Å². The van der Waals surface area contributed by atoms with Gasteiger partial charge in [0.25, 0.3) is 5.91 Å². The van der Waals surface area contributed by atoms with Crippen LogP contribution in [0.4, 0.5) is 17.5 Å². The lowest BCUT2D eigenvalue weighted by atomic mass is 10.2. The lowest BCUT2D eigenvalue weighted by Gasteiger charge is -2.28. The number of nitrogens with zero attached hydrogens (tertiary/aromatic N) is 4. The van der Waals surface area contributed by atoms with Gasteiger partial charge in [-0.2, -0.15) is 4.98 Å². The molecule has 0 unspecified atom stereocenters. The molecule has 1 aromatic heterocycles. The molecular formula is C27H31N5O3. The van der Waals surface area contributed by atoms with Crippen molar-refractivity contribution < 1.29 is 14.3 Å². The number of carbonyl (C=O) groups is 1. The summed E-state index contributed by atoms with van der Waals surface area (Å²) < 4.78 is 10.7. The average Bonchev–Trinajstić information content (AvgIpc) is 2.92. The summed E-state index contributed by atoms with van der Waals surface area (Å²) in [6, 6.07) is 17.5. The van der Waals surface area contributed by atoms with Crippen LogP contribution < -0.4 is 15.0 Å². The summed E-state index contributed by atoms with van der Waals surface area (Å²) >= 11 is 0. The predicted octanol–water partition coefficient (Wildman–Crippen LogP) is 4.28. The Hall–Kier alpha value is -3.91. The Kier molecular flexibility index (Phi) is 8.30. The van der Waals surface area contributed by atoms with E-state index in [0.29, 0.717) is 56.7 Å². The number of aromatic nitrogens is 2. The summed E-state index contributed by atoms with van der Waals surface area (Å²) in [7, 11) is 1.63. The molecule has 1 N–H and O–H groups in total. The summed E-state index contributed by atoms with van der Waals surface area (Å²) in [5, 5.41) is 3.33. The van der Waals surface area contributed by atoms with E-state index in [1.807, 2.05) is 73.7 Å². The van der Waals surface area contributed by atoms with E-state index in [4.69, 9.17) is 14.5 Å². The molecule has 1 amide bonds. The molecule has 8 nitrogen and oxygen atoms in total. The Labute approximate surface area is 206 Å². The second-order valence-electron chi connectivity index (χ2n) is 8.13. The van der Waals surface area contributed by atoms with E-state index in [9.17, 15) is 4.79 Å². The molecular weight excluding hydrogens is 442 g/mol. The lowest BCUT2D eigenvalue weighted by molar-refractivity contribution is 0.0762. The molecule has 0 bridgehead atoms. The van der Waals surface area contributed by atoms with E-state index in [2.05, 4.69) is 15.2 Å². The standard InChI is InChI=1S/C27H31N5O3/c1-3-4-14-32(20-21-8-6-5-7-9-21)26(33)24-19-28-27(31-15-17-35-18-16-31)30-25(24)29-22-10-12-23(34-2)13-11-22/h3-13,19H,14-18,20H2,1-2H3,(H,28,29,30)/b4-3+. The van der Waals surface area contributed by atoms with Gasteiger partial charge in [-0.1, -0.05) is 42.5 Å². The van der Waals surface area contributed by atoms with Crippen LogP contribution in [-0.4, -0.2) is 60.7 Å². The van der Waals surface area contributed by atoms with E-state index in [1.54, 1.807) is 18.2 Å². The second kappa shape index (κ2) is 12.0. The summed E-state index contributed by atoms with van der Waals surface area (Å²) in [6.07, 6.45) is 5.54. The average molecular weight is 474 g/mol. The normalized spacial score (nSPS) is 13.6. The summed E-state index contributed by atoms with van der Waals surface area (Å²) in [6.45, 7) is 5.57. The first kappa shape index (κ1) is 24.2. The summed E-state index contributed by atoms with van der Waals surface area (Å²) in [5.41, 5.74) is 2.27. The molecule has 1 aliphatic heterocycles. The highest BCUT2D eigenvalue weighted by molar-refractivity contribution is 5.99. The topological polar surface area (TPSA) is 79.8 Å². The Balaban J connectivity index is 1.67. The number of carbonyl (C=O) groups excluding carboxylic acids is 1. The van der Waals surface area contributed by atoms with Crippen molar-refractivity contribution in [2.75, 3.05) is 50.2 Å². The van der Waals surface area contributed by atoms with Crippen molar-refractivity contribution in [3.8, 4) is 5.75 Å². The van der Waals surface area contributed by atoms with Gasteiger partial charge in [-0.05, 0) is 36.8 Å². The SMILES string of the molecule is C/C=C/CN(Cc1ccccc1)C(=O)c1cnc(N2CCOCC2)nc1Nc1ccc(OC)cc1. The van der Waals surface area contributed by atoms with Crippen LogP contribution in [0.2, 0.25) is 0 Å². The molecule has 0 spiro atoms. The number of amides is 1. The molecule has 1 aliphatic rings. The molecule has 182 valence electrons. The van der Waals surface area contributed by atoms with E-state index in [0.717, 1.165) is 17.0 Å². The third kappa shape index (κ3) is 6.36. The Bertz CT molecular complexity index is 1130. The smallest absolute Gasteiger partial charge is 0.259 e. The minimum absolute atomic E-state index is 0.142. The quantitative estimate of drug-likeness (QED) is 0.465. The molecule has 8 heteroatoms. The maximum Gasteiger partial charge on any atom is 0.259 e. The summed E-state index contributed by atoms with van der Waals surface area (Å²) in [4.78, 5) is 27.0. The molecule has 1 saturated heterocycles. The minimum atomic E-state index is -0.142. The monoisotopic (exact) mass is 473 g/mol. The second-order valence-corrected chi connectivity index (χ2v) is 8.13. The van der Waals surface area contributed by atoms with Gasteiger partial charge in [0.15, 0.2) is 0 Å². The Morgan fingerprint density at radius 3 is 2.57 bits per heavy atom. The van der Waals surface area contributed by atoms with Crippen molar-refractivity contribution in [2.45, 2.75) is 13.5 Å². The number of nitrogens with one attached hydrogen (secondary N) is 1. The first-order chi connectivity index (χ1) is 17.2. The number of methoxy groups -OCH3 is 1. The third-order valence-corrected chi connectivity index (χ3v) is 5.72. The largest absolute Gasteiger partial charge is 0.497 e. The first-order valence-electron chi connectivity index (χ1n) is 11.7. The van der Waals surface area contributed by atoms with Crippen LogP contribution in [0.25, 0.3) is 0 Å². The van der Waals surface area contributed by atoms with Gasteiger partial charge in [-0.15, -0.1) is 0 Å². The zero-order valence-electron chi connectivity index (χ0n) is 20.2. The maximum absolute atomic E-state index is 13.8. The minimum Gasteiger partial charge on any atom is -0.497 e. The molecule has 0 atom stereocenters. The van der Waals surface area contributed by atoms with Gasteiger partial charge in [-0.25, -0.2) is 4.98 Å². The number of benzene rings is 2. The third-order valence-electron chi connectivity index (χ3n) is 5.72. The Morgan fingerprint density at radius 2 is 1.89 bits per heavy atom. The van der Waals surface area contributed by atoms with Gasteiger partial charge in [0.05, 0.1) is 20.3 Å². The highest BCUT2D eigenvalue weighted by atomic mass is 16.5. The van der Waals surface area contributed by atoms with E-state index >= 15 is 0 Å². The van der Waals surface area contributed by atoms with Crippen molar-refractivity contribution in [1.29, 1.82) is 0 Å². The molecule has 35 heavy (non-hydrogen) atoms. The van der Waals surface area contributed by atoms with Crippen LogP contribution in [-0.2, 0) is 11.3 Å². The van der Waals surface area contributed by atoms with Gasteiger partial charge in [-0.3, -0.25) is 4.79 Å². The number of rotatable bonds is 9. The zero-order valence-corrected chi connectivity index (χ0v) is 20.2.